The van der Waals surface area contributed by atoms with Crippen LogP contribution in [0.4, 0.5) is 5.69 Å². The van der Waals surface area contributed by atoms with Crippen molar-refractivity contribution in [3.8, 4) is 0 Å². The number of nitrogens with zero attached hydrogens (tertiary/aromatic N) is 2. The van der Waals surface area contributed by atoms with E-state index in [2.05, 4.69) is 17.1 Å². The fourth-order valence-electron chi connectivity index (χ4n) is 1.42. The predicted molar refractivity (Wildman–Crippen MR) is 65.3 cm³/mol. The maximum Gasteiger partial charge on any atom is 0.268 e. The molecule has 0 unspecified atom stereocenters. The van der Waals surface area contributed by atoms with E-state index in [0.29, 0.717) is 17.9 Å². The molecular formula is C11H20N4O. The van der Waals surface area contributed by atoms with E-state index in [9.17, 15) is 4.79 Å². The molecule has 5 heteroatoms. The maximum atomic E-state index is 11.7. The minimum Gasteiger partial charge on any atom is -0.397 e. The van der Waals surface area contributed by atoms with Gasteiger partial charge in [-0.15, -0.1) is 0 Å². The van der Waals surface area contributed by atoms with E-state index in [1.54, 1.807) is 16.8 Å². The van der Waals surface area contributed by atoms with Crippen LogP contribution in [0.3, 0.4) is 0 Å². The number of nitrogens with two attached hydrogens (primary N) is 1. The molecule has 0 bridgehead atoms. The van der Waals surface area contributed by atoms with E-state index in [-0.39, 0.29) is 5.91 Å². The number of likely N-dealkylation sites (N-methyl/N-ethyl adjacent to an activating group) is 1. The molecule has 1 amide bonds. The van der Waals surface area contributed by atoms with Crippen LogP contribution < -0.4 is 11.1 Å². The second kappa shape index (κ2) is 5.55. The summed E-state index contributed by atoms with van der Waals surface area (Å²) in [6.45, 7) is 4.56. The Morgan fingerprint density at radius 3 is 2.81 bits per heavy atom. The molecule has 0 aliphatic carbocycles. The number of hydrogen-bond donors (Lipinski definition) is 2. The minimum atomic E-state index is -0.0799. The van der Waals surface area contributed by atoms with Gasteiger partial charge in [-0.1, -0.05) is 6.92 Å². The van der Waals surface area contributed by atoms with Crippen molar-refractivity contribution < 1.29 is 4.79 Å². The highest BCUT2D eigenvalue weighted by atomic mass is 16.1. The number of anilines is 1. The topological polar surface area (TPSA) is 63.3 Å². The van der Waals surface area contributed by atoms with Gasteiger partial charge in [0.1, 0.15) is 5.69 Å². The van der Waals surface area contributed by atoms with Gasteiger partial charge in [-0.25, -0.2) is 0 Å². The third kappa shape index (κ3) is 3.27. The molecule has 0 spiro atoms. The number of amides is 1. The molecule has 0 saturated heterocycles. The third-order valence-electron chi connectivity index (χ3n) is 2.58. The van der Waals surface area contributed by atoms with E-state index in [4.69, 9.17) is 5.73 Å². The van der Waals surface area contributed by atoms with Gasteiger partial charge >= 0.3 is 0 Å². The average Bonchev–Trinajstić information content (AvgIpc) is 2.57. The Kier molecular flexibility index (Phi) is 4.37. The highest BCUT2D eigenvalue weighted by Crippen LogP contribution is 2.07. The van der Waals surface area contributed by atoms with Gasteiger partial charge in [-0.05, 0) is 19.7 Å². The predicted octanol–water partition coefficient (Wildman–Crippen LogP) is 0.289. The van der Waals surface area contributed by atoms with Crippen molar-refractivity contribution in [1.82, 2.24) is 14.8 Å². The molecule has 1 heterocycles. The molecule has 90 valence electrons. The summed E-state index contributed by atoms with van der Waals surface area (Å²) in [6.07, 6.45) is 1.73. The largest absolute Gasteiger partial charge is 0.397 e. The Labute approximate surface area is 96.2 Å². The quantitative estimate of drug-likeness (QED) is 0.755. The van der Waals surface area contributed by atoms with Gasteiger partial charge in [0.25, 0.3) is 5.91 Å². The van der Waals surface area contributed by atoms with E-state index in [0.717, 1.165) is 13.1 Å². The van der Waals surface area contributed by atoms with Crippen molar-refractivity contribution in [3.05, 3.63) is 18.0 Å². The zero-order valence-corrected chi connectivity index (χ0v) is 10.2. The highest BCUT2D eigenvalue weighted by molar-refractivity contribution is 5.93. The lowest BCUT2D eigenvalue weighted by Crippen LogP contribution is -2.33. The van der Waals surface area contributed by atoms with Crippen LogP contribution in [0.5, 0.6) is 0 Å². The first-order valence-electron chi connectivity index (χ1n) is 5.43. The van der Waals surface area contributed by atoms with Gasteiger partial charge in [0.2, 0.25) is 0 Å². The van der Waals surface area contributed by atoms with Crippen molar-refractivity contribution in [2.75, 3.05) is 32.4 Å². The summed E-state index contributed by atoms with van der Waals surface area (Å²) in [6, 6.07) is 1.68. The molecular weight excluding hydrogens is 204 g/mol. The van der Waals surface area contributed by atoms with Crippen LogP contribution in [0.1, 0.15) is 17.4 Å². The molecule has 1 aromatic heterocycles. The summed E-state index contributed by atoms with van der Waals surface area (Å²) in [7, 11) is 3.83. The molecule has 16 heavy (non-hydrogen) atoms. The number of carbonyl (C=O) groups is 1. The lowest BCUT2D eigenvalue weighted by atomic mass is 10.4. The van der Waals surface area contributed by atoms with Crippen LogP contribution in [0.2, 0.25) is 0 Å². The van der Waals surface area contributed by atoms with Gasteiger partial charge in [0.15, 0.2) is 0 Å². The number of hydrogen-bond acceptors (Lipinski definition) is 3. The summed E-state index contributed by atoms with van der Waals surface area (Å²) < 4.78 is 1.73. The fourth-order valence-corrected chi connectivity index (χ4v) is 1.42. The van der Waals surface area contributed by atoms with Crippen LogP contribution in [0.15, 0.2) is 12.3 Å². The molecule has 0 aliphatic heterocycles. The molecule has 3 N–H and O–H groups in total. The van der Waals surface area contributed by atoms with Crippen molar-refractivity contribution in [1.29, 1.82) is 0 Å². The highest BCUT2D eigenvalue weighted by Gasteiger charge is 2.09. The number of nitrogen functional groups attached to an aromatic ring is 1. The Balaban J connectivity index is 2.44. The Hall–Kier alpha value is -1.49. The van der Waals surface area contributed by atoms with Gasteiger partial charge < -0.3 is 20.5 Å². The average molecular weight is 224 g/mol. The van der Waals surface area contributed by atoms with Crippen molar-refractivity contribution in [2.24, 2.45) is 7.05 Å². The summed E-state index contributed by atoms with van der Waals surface area (Å²) in [5, 5.41) is 2.86. The Morgan fingerprint density at radius 1 is 1.62 bits per heavy atom. The van der Waals surface area contributed by atoms with E-state index < -0.39 is 0 Å². The third-order valence-corrected chi connectivity index (χ3v) is 2.58. The van der Waals surface area contributed by atoms with Crippen LogP contribution in [0.25, 0.3) is 0 Å². The maximum absolute atomic E-state index is 11.7. The molecule has 1 aromatic rings. The molecule has 0 radical (unpaired) electrons. The normalized spacial score (nSPS) is 10.8. The van der Waals surface area contributed by atoms with Gasteiger partial charge in [0.05, 0.1) is 5.69 Å². The first kappa shape index (κ1) is 12.6. The molecule has 0 saturated carbocycles. The van der Waals surface area contributed by atoms with Crippen molar-refractivity contribution in [2.45, 2.75) is 6.92 Å². The SMILES string of the molecule is CCN(C)CCNC(=O)c1cc(N)cn1C. The van der Waals surface area contributed by atoms with Crippen LogP contribution in [-0.4, -0.2) is 42.1 Å². The van der Waals surface area contributed by atoms with E-state index in [1.807, 2.05) is 14.1 Å². The van der Waals surface area contributed by atoms with Crippen molar-refractivity contribution in [3.63, 3.8) is 0 Å². The molecule has 0 fully saturated rings. The van der Waals surface area contributed by atoms with Gasteiger partial charge in [0, 0.05) is 26.3 Å². The van der Waals surface area contributed by atoms with E-state index in [1.165, 1.54) is 0 Å². The summed E-state index contributed by atoms with van der Waals surface area (Å²) in [5.41, 5.74) is 6.81. The van der Waals surface area contributed by atoms with E-state index >= 15 is 0 Å². The molecule has 5 nitrogen and oxygen atoms in total. The first-order chi connectivity index (χ1) is 7.54. The van der Waals surface area contributed by atoms with Crippen LogP contribution in [-0.2, 0) is 7.05 Å². The zero-order valence-electron chi connectivity index (χ0n) is 10.2. The number of rotatable bonds is 5. The zero-order chi connectivity index (χ0) is 12.1. The molecule has 0 aromatic carbocycles. The van der Waals surface area contributed by atoms with Gasteiger partial charge in [-0.2, -0.15) is 0 Å². The number of aryl methyl sites for hydroxylation is 1. The lowest BCUT2D eigenvalue weighted by molar-refractivity contribution is 0.0942. The van der Waals surface area contributed by atoms with Crippen LogP contribution in [0, 0.1) is 0 Å². The van der Waals surface area contributed by atoms with Gasteiger partial charge in [-0.3, -0.25) is 4.79 Å². The standard InChI is InChI=1S/C11H20N4O/c1-4-14(2)6-5-13-11(16)10-7-9(12)8-15(10)3/h7-8H,4-6,12H2,1-3H3,(H,13,16). The number of carbonyl (C=O) groups excluding carboxylic acids is 1. The Bertz CT molecular complexity index is 359. The lowest BCUT2D eigenvalue weighted by Gasteiger charge is -2.14. The second-order valence-electron chi connectivity index (χ2n) is 3.92. The number of nitrogens with one attached hydrogen (secondary N) is 1. The second-order valence-corrected chi connectivity index (χ2v) is 3.92. The minimum absolute atomic E-state index is 0.0799. The smallest absolute Gasteiger partial charge is 0.268 e. The monoisotopic (exact) mass is 224 g/mol. The summed E-state index contributed by atoms with van der Waals surface area (Å²) >= 11 is 0. The summed E-state index contributed by atoms with van der Waals surface area (Å²) in [5.74, 6) is -0.0799. The number of aromatic nitrogens is 1. The molecule has 0 atom stereocenters. The molecule has 1 rings (SSSR count). The Morgan fingerprint density at radius 2 is 2.31 bits per heavy atom. The summed E-state index contributed by atoms with van der Waals surface area (Å²) in [4.78, 5) is 13.9. The van der Waals surface area contributed by atoms with Crippen molar-refractivity contribution >= 4 is 11.6 Å². The first-order valence-corrected chi connectivity index (χ1v) is 5.43. The molecule has 0 aliphatic rings. The van der Waals surface area contributed by atoms with Crippen LogP contribution >= 0.6 is 0 Å². The fraction of sp³-hybridized carbons (Fsp3) is 0.545.